The second-order valence-corrected chi connectivity index (χ2v) is 3.90. The molecule has 0 saturated carbocycles. The highest BCUT2D eigenvalue weighted by molar-refractivity contribution is 5.83. The molecule has 1 aliphatic rings. The Balaban J connectivity index is 2.24. The zero-order valence-corrected chi connectivity index (χ0v) is 9.31. The van der Waals surface area contributed by atoms with Gasteiger partial charge in [-0.1, -0.05) is 12.1 Å². The minimum atomic E-state index is -0.167. The van der Waals surface area contributed by atoms with Gasteiger partial charge < -0.3 is 9.80 Å². The van der Waals surface area contributed by atoms with Crippen molar-refractivity contribution in [3.63, 3.8) is 0 Å². The predicted octanol–water partition coefficient (Wildman–Crippen LogP) is -0.0673. The van der Waals surface area contributed by atoms with Gasteiger partial charge in [0.1, 0.15) is 0 Å². The van der Waals surface area contributed by atoms with Crippen LogP contribution in [0.3, 0.4) is 0 Å². The Kier molecular flexibility index (Phi) is 2.96. The fraction of sp³-hybridized carbons (Fsp3) is 0.364. The molecule has 0 radical (unpaired) electrons. The normalized spacial score (nSPS) is 14.6. The van der Waals surface area contributed by atoms with E-state index in [1.807, 2.05) is 23.1 Å². The predicted molar refractivity (Wildman–Crippen MR) is 64.3 cm³/mol. The average molecular weight is 220 g/mol. The molecule has 0 fully saturated rings. The van der Waals surface area contributed by atoms with E-state index < -0.39 is 0 Å². The summed E-state index contributed by atoms with van der Waals surface area (Å²) in [6.07, 6.45) is 0. The number of carbonyl (C=O) groups is 1. The fourth-order valence-corrected chi connectivity index (χ4v) is 1.95. The lowest BCUT2D eigenvalue weighted by atomic mass is 10.2. The van der Waals surface area contributed by atoms with Crippen LogP contribution in [0.2, 0.25) is 0 Å². The van der Waals surface area contributed by atoms with Crippen LogP contribution in [0.25, 0.3) is 0 Å². The number of rotatable bonds is 2. The van der Waals surface area contributed by atoms with Crippen molar-refractivity contribution in [1.82, 2.24) is 5.43 Å². The maximum atomic E-state index is 11.3. The molecule has 0 unspecified atom stereocenters. The Labute approximate surface area is 94.8 Å². The number of likely N-dealkylation sites (N-methyl/N-ethyl adjacent to an activating group) is 1. The topological polar surface area (TPSA) is 61.6 Å². The molecule has 1 aliphatic heterocycles. The molecule has 5 nitrogen and oxygen atoms in total. The highest BCUT2D eigenvalue weighted by atomic mass is 16.2. The first kappa shape index (κ1) is 10.8. The molecule has 1 aromatic rings. The lowest BCUT2D eigenvalue weighted by molar-refractivity contribution is -0.119. The van der Waals surface area contributed by atoms with E-state index >= 15 is 0 Å². The summed E-state index contributed by atoms with van der Waals surface area (Å²) in [5.41, 5.74) is 4.39. The first-order valence-electron chi connectivity index (χ1n) is 5.27. The van der Waals surface area contributed by atoms with Crippen molar-refractivity contribution < 1.29 is 4.79 Å². The minimum Gasteiger partial charge on any atom is -0.371 e. The van der Waals surface area contributed by atoms with Crippen LogP contribution in [0.4, 0.5) is 11.4 Å². The number of hydrazine groups is 1. The van der Waals surface area contributed by atoms with Crippen LogP contribution in [-0.2, 0) is 4.79 Å². The van der Waals surface area contributed by atoms with E-state index in [9.17, 15) is 4.79 Å². The molecule has 0 atom stereocenters. The van der Waals surface area contributed by atoms with Crippen molar-refractivity contribution in [2.45, 2.75) is 0 Å². The third-order valence-corrected chi connectivity index (χ3v) is 2.83. The summed E-state index contributed by atoms with van der Waals surface area (Å²) < 4.78 is 0. The van der Waals surface area contributed by atoms with Gasteiger partial charge in [-0.25, -0.2) is 5.84 Å². The summed E-state index contributed by atoms with van der Waals surface area (Å²) in [4.78, 5) is 15.5. The van der Waals surface area contributed by atoms with E-state index in [-0.39, 0.29) is 5.91 Å². The molecular formula is C11H16N4O. The summed E-state index contributed by atoms with van der Waals surface area (Å²) in [5, 5.41) is 0. The number of hydrogen-bond acceptors (Lipinski definition) is 4. The lowest BCUT2D eigenvalue weighted by Gasteiger charge is -2.36. The molecule has 2 rings (SSSR count). The number of fused-ring (bicyclic) bond motifs is 1. The van der Waals surface area contributed by atoms with Crippen molar-refractivity contribution in [3.8, 4) is 0 Å². The molecule has 0 spiro atoms. The number of amides is 1. The largest absolute Gasteiger partial charge is 0.371 e. The van der Waals surface area contributed by atoms with Crippen molar-refractivity contribution in [2.75, 3.05) is 36.5 Å². The Bertz CT molecular complexity index is 393. The quantitative estimate of drug-likeness (QED) is 0.416. The molecule has 1 amide bonds. The van der Waals surface area contributed by atoms with Gasteiger partial charge in [0.05, 0.1) is 17.9 Å². The summed E-state index contributed by atoms with van der Waals surface area (Å²) in [6, 6.07) is 8.06. The molecule has 0 bridgehead atoms. The van der Waals surface area contributed by atoms with Crippen LogP contribution >= 0.6 is 0 Å². The van der Waals surface area contributed by atoms with E-state index in [0.29, 0.717) is 6.54 Å². The maximum Gasteiger partial charge on any atom is 0.253 e. The third-order valence-electron chi connectivity index (χ3n) is 2.83. The number of carbonyl (C=O) groups excluding carboxylic acids is 1. The Morgan fingerprint density at radius 3 is 2.75 bits per heavy atom. The SMILES string of the molecule is CN1CCN(CC(=O)NN)c2ccccc21. The number of nitrogens with one attached hydrogen (secondary N) is 1. The van der Waals surface area contributed by atoms with Crippen LogP contribution < -0.4 is 21.1 Å². The van der Waals surface area contributed by atoms with Crippen LogP contribution in [0, 0.1) is 0 Å². The highest BCUT2D eigenvalue weighted by Gasteiger charge is 2.20. The van der Waals surface area contributed by atoms with Crippen molar-refractivity contribution in [1.29, 1.82) is 0 Å². The zero-order valence-electron chi connectivity index (χ0n) is 9.31. The molecule has 1 heterocycles. The molecule has 5 heteroatoms. The highest BCUT2D eigenvalue weighted by Crippen LogP contribution is 2.31. The van der Waals surface area contributed by atoms with Gasteiger partial charge in [-0.05, 0) is 12.1 Å². The van der Waals surface area contributed by atoms with Gasteiger partial charge in [0.15, 0.2) is 0 Å². The van der Waals surface area contributed by atoms with E-state index in [1.165, 1.54) is 0 Å². The first-order chi connectivity index (χ1) is 7.72. The van der Waals surface area contributed by atoms with E-state index in [1.54, 1.807) is 0 Å². The number of nitrogens with zero attached hydrogens (tertiary/aromatic N) is 2. The fourth-order valence-electron chi connectivity index (χ4n) is 1.95. The molecule has 1 aromatic carbocycles. The van der Waals surface area contributed by atoms with Gasteiger partial charge in [-0.3, -0.25) is 10.2 Å². The molecule has 0 aliphatic carbocycles. The van der Waals surface area contributed by atoms with Crippen LogP contribution in [-0.4, -0.2) is 32.6 Å². The standard InChI is InChI=1S/C11H16N4O/c1-14-6-7-15(8-11(16)13-12)10-5-3-2-4-9(10)14/h2-5H,6-8,12H2,1H3,(H,13,16). The summed E-state index contributed by atoms with van der Waals surface area (Å²) in [7, 11) is 2.05. The van der Waals surface area contributed by atoms with Gasteiger partial charge in [0.25, 0.3) is 5.91 Å². The van der Waals surface area contributed by atoms with E-state index in [2.05, 4.69) is 23.4 Å². The zero-order chi connectivity index (χ0) is 11.5. The monoisotopic (exact) mass is 220 g/mol. The lowest BCUT2D eigenvalue weighted by Crippen LogP contribution is -2.45. The molecule has 0 aromatic heterocycles. The van der Waals surface area contributed by atoms with E-state index in [4.69, 9.17) is 5.84 Å². The van der Waals surface area contributed by atoms with Crippen LogP contribution in [0.15, 0.2) is 24.3 Å². The Morgan fingerprint density at radius 1 is 1.38 bits per heavy atom. The van der Waals surface area contributed by atoms with Gasteiger partial charge in [0.2, 0.25) is 0 Å². The summed E-state index contributed by atoms with van der Waals surface area (Å²) >= 11 is 0. The second kappa shape index (κ2) is 4.40. The average Bonchev–Trinajstić information content (AvgIpc) is 2.33. The molecule has 86 valence electrons. The number of anilines is 2. The van der Waals surface area contributed by atoms with Crippen molar-refractivity contribution in [3.05, 3.63) is 24.3 Å². The number of benzene rings is 1. The van der Waals surface area contributed by atoms with Gasteiger partial charge in [-0.15, -0.1) is 0 Å². The number of hydrogen-bond donors (Lipinski definition) is 2. The van der Waals surface area contributed by atoms with Crippen LogP contribution in [0.5, 0.6) is 0 Å². The summed E-state index contributed by atoms with van der Waals surface area (Å²) in [6.45, 7) is 2.05. The number of para-hydroxylation sites is 2. The summed E-state index contributed by atoms with van der Waals surface area (Å²) in [5.74, 6) is 4.93. The maximum absolute atomic E-state index is 11.3. The van der Waals surface area contributed by atoms with Gasteiger partial charge >= 0.3 is 0 Å². The molecular weight excluding hydrogens is 204 g/mol. The minimum absolute atomic E-state index is 0.167. The van der Waals surface area contributed by atoms with Crippen LogP contribution in [0.1, 0.15) is 0 Å². The Morgan fingerprint density at radius 2 is 2.06 bits per heavy atom. The molecule has 0 saturated heterocycles. The van der Waals surface area contributed by atoms with Crippen molar-refractivity contribution >= 4 is 17.3 Å². The van der Waals surface area contributed by atoms with E-state index in [0.717, 1.165) is 24.5 Å². The second-order valence-electron chi connectivity index (χ2n) is 3.90. The van der Waals surface area contributed by atoms with Gasteiger partial charge in [0, 0.05) is 20.1 Å². The smallest absolute Gasteiger partial charge is 0.253 e. The number of nitrogens with two attached hydrogens (primary N) is 1. The van der Waals surface area contributed by atoms with Crippen molar-refractivity contribution in [2.24, 2.45) is 5.84 Å². The first-order valence-corrected chi connectivity index (χ1v) is 5.27. The third kappa shape index (κ3) is 1.94. The Hall–Kier alpha value is -1.75. The molecule has 3 N–H and O–H groups in total. The molecule has 16 heavy (non-hydrogen) atoms. The van der Waals surface area contributed by atoms with Gasteiger partial charge in [-0.2, -0.15) is 0 Å².